The van der Waals surface area contributed by atoms with E-state index in [1.165, 1.54) is 6.07 Å². The maximum absolute atomic E-state index is 13.2. The molecule has 2 rings (SSSR count). The lowest BCUT2D eigenvalue weighted by molar-refractivity contribution is -0.883. The number of para-hydroxylation sites is 1. The van der Waals surface area contributed by atoms with Gasteiger partial charge >= 0.3 is 6.18 Å². The first kappa shape index (κ1) is 23.7. The maximum atomic E-state index is 13.2. The molecule has 0 aliphatic heterocycles. The zero-order chi connectivity index (χ0) is 22.3. The maximum Gasteiger partial charge on any atom is 0.418 e. The molecule has 1 atom stereocenters. The molecule has 0 fully saturated rings. The minimum Gasteiger partial charge on any atom is -0.321 e. The van der Waals surface area contributed by atoms with Crippen LogP contribution in [0.4, 0.5) is 24.5 Å². The third-order valence-corrected chi connectivity index (χ3v) is 4.64. The lowest BCUT2D eigenvalue weighted by Crippen LogP contribution is -3.14. The molecule has 1 unspecified atom stereocenters. The third kappa shape index (κ3) is 7.03. The number of hydrogen-bond donors (Lipinski definition) is 3. The summed E-state index contributed by atoms with van der Waals surface area (Å²) in [4.78, 5) is 25.4. The molecular weight excluding hydrogens is 419 g/mol. The summed E-state index contributed by atoms with van der Waals surface area (Å²) in [5.41, 5.74) is 0.205. The highest BCUT2D eigenvalue weighted by atomic mass is 35.5. The molecule has 162 valence electrons. The molecule has 0 spiro atoms. The van der Waals surface area contributed by atoms with E-state index in [2.05, 4.69) is 10.6 Å². The van der Waals surface area contributed by atoms with Crippen LogP contribution in [-0.2, 0) is 15.8 Å². The van der Waals surface area contributed by atoms with E-state index in [0.717, 1.165) is 17.7 Å². The minimum atomic E-state index is -4.66. The molecule has 0 aliphatic carbocycles. The molecular formula is C21H24ClF3N3O2+. The first-order chi connectivity index (χ1) is 14.1. The predicted molar refractivity (Wildman–Crippen MR) is 111 cm³/mol. The lowest BCUT2D eigenvalue weighted by Gasteiger charge is -2.19. The van der Waals surface area contributed by atoms with Gasteiger partial charge in [-0.1, -0.05) is 36.7 Å². The van der Waals surface area contributed by atoms with Gasteiger partial charge in [0.25, 0.3) is 11.8 Å². The number of carbonyl (C=O) groups is 2. The van der Waals surface area contributed by atoms with Crippen LogP contribution >= 0.6 is 11.6 Å². The van der Waals surface area contributed by atoms with Crippen molar-refractivity contribution in [1.82, 2.24) is 0 Å². The topological polar surface area (TPSA) is 62.6 Å². The standard InChI is InChI=1S/C21H23ClF3N3O2/c1-3-10-28(12-19(29)26-17-7-5-4-6-14(17)2)13-20(30)27-18-9-8-15(22)11-16(18)21(23,24)25/h4-9,11H,3,10,12-13H2,1-2H3,(H,26,29)(H,27,30)/p+1. The van der Waals surface area contributed by atoms with Gasteiger partial charge in [-0.15, -0.1) is 0 Å². The van der Waals surface area contributed by atoms with E-state index in [9.17, 15) is 22.8 Å². The molecule has 2 aromatic carbocycles. The van der Waals surface area contributed by atoms with Crippen molar-refractivity contribution in [3.05, 3.63) is 58.6 Å². The molecule has 0 saturated heterocycles. The van der Waals surface area contributed by atoms with Crippen LogP contribution in [0.25, 0.3) is 0 Å². The Kier molecular flexibility index (Phi) is 8.25. The second kappa shape index (κ2) is 10.4. The van der Waals surface area contributed by atoms with Crippen LogP contribution < -0.4 is 15.5 Å². The molecule has 2 amide bonds. The van der Waals surface area contributed by atoms with E-state index < -0.39 is 17.6 Å². The van der Waals surface area contributed by atoms with Crippen molar-refractivity contribution in [2.75, 3.05) is 30.3 Å². The number of aryl methyl sites for hydroxylation is 1. The Morgan fingerprint density at radius 3 is 2.17 bits per heavy atom. The van der Waals surface area contributed by atoms with Gasteiger partial charge in [-0.05, 0) is 43.2 Å². The highest BCUT2D eigenvalue weighted by Gasteiger charge is 2.34. The molecule has 30 heavy (non-hydrogen) atoms. The van der Waals surface area contributed by atoms with Crippen molar-refractivity contribution in [3.63, 3.8) is 0 Å². The number of halogens is 4. The Hall–Kier alpha value is -2.58. The number of carbonyl (C=O) groups excluding carboxylic acids is 2. The largest absolute Gasteiger partial charge is 0.418 e. The monoisotopic (exact) mass is 442 g/mol. The van der Waals surface area contributed by atoms with Gasteiger partial charge in [0, 0.05) is 10.7 Å². The average molecular weight is 443 g/mol. The summed E-state index contributed by atoms with van der Waals surface area (Å²) in [5.74, 6) is -0.891. The van der Waals surface area contributed by atoms with E-state index in [0.29, 0.717) is 23.6 Å². The number of alkyl halides is 3. The van der Waals surface area contributed by atoms with Crippen LogP contribution in [0.5, 0.6) is 0 Å². The van der Waals surface area contributed by atoms with Crippen molar-refractivity contribution in [2.24, 2.45) is 0 Å². The van der Waals surface area contributed by atoms with Crippen LogP contribution in [0.2, 0.25) is 5.02 Å². The third-order valence-electron chi connectivity index (χ3n) is 4.40. The van der Waals surface area contributed by atoms with Gasteiger partial charge in [0.2, 0.25) is 0 Å². The van der Waals surface area contributed by atoms with Gasteiger partial charge < -0.3 is 15.5 Å². The Balaban J connectivity index is 2.04. The SMILES string of the molecule is CCC[NH+](CC(=O)Nc1ccccc1C)CC(=O)Nc1ccc(Cl)cc1C(F)(F)F. The first-order valence-electron chi connectivity index (χ1n) is 9.45. The van der Waals surface area contributed by atoms with Gasteiger partial charge in [-0.25, -0.2) is 0 Å². The first-order valence-corrected chi connectivity index (χ1v) is 9.83. The summed E-state index contributed by atoms with van der Waals surface area (Å²) >= 11 is 5.66. The van der Waals surface area contributed by atoms with Crippen LogP contribution in [-0.4, -0.2) is 31.4 Å². The normalized spacial score (nSPS) is 12.3. The number of anilines is 2. The summed E-state index contributed by atoms with van der Waals surface area (Å²) in [6.07, 6.45) is -3.95. The molecule has 3 N–H and O–H groups in total. The zero-order valence-corrected chi connectivity index (χ0v) is 17.5. The molecule has 0 heterocycles. The summed E-state index contributed by atoms with van der Waals surface area (Å²) in [7, 11) is 0. The fourth-order valence-corrected chi connectivity index (χ4v) is 3.18. The fraction of sp³-hybridized carbons (Fsp3) is 0.333. The number of rotatable bonds is 8. The van der Waals surface area contributed by atoms with E-state index in [-0.39, 0.29) is 29.7 Å². The number of nitrogens with one attached hydrogen (secondary N) is 3. The summed E-state index contributed by atoms with van der Waals surface area (Å²) in [6, 6.07) is 10.5. The smallest absolute Gasteiger partial charge is 0.321 e. The van der Waals surface area contributed by atoms with Gasteiger partial charge in [-0.3, -0.25) is 9.59 Å². The molecule has 0 saturated carbocycles. The van der Waals surface area contributed by atoms with E-state index >= 15 is 0 Å². The van der Waals surface area contributed by atoms with Crippen LogP contribution in [0.1, 0.15) is 24.5 Å². The number of hydrogen-bond acceptors (Lipinski definition) is 2. The highest BCUT2D eigenvalue weighted by molar-refractivity contribution is 6.30. The molecule has 0 radical (unpaired) electrons. The van der Waals surface area contributed by atoms with Gasteiger partial charge in [0.15, 0.2) is 13.1 Å². The van der Waals surface area contributed by atoms with E-state index in [1.54, 1.807) is 12.1 Å². The summed E-state index contributed by atoms with van der Waals surface area (Å²) in [6.45, 7) is 4.15. The highest BCUT2D eigenvalue weighted by Crippen LogP contribution is 2.36. The second-order valence-electron chi connectivity index (χ2n) is 6.95. The van der Waals surface area contributed by atoms with Crippen LogP contribution in [0, 0.1) is 6.92 Å². The van der Waals surface area contributed by atoms with E-state index in [1.807, 2.05) is 26.0 Å². The number of quaternary nitrogens is 1. The second-order valence-corrected chi connectivity index (χ2v) is 7.39. The van der Waals surface area contributed by atoms with Crippen LogP contribution in [0.15, 0.2) is 42.5 Å². The number of benzene rings is 2. The predicted octanol–water partition coefficient (Wildman–Crippen LogP) is 3.54. The van der Waals surface area contributed by atoms with Crippen molar-refractivity contribution < 1.29 is 27.7 Å². The molecule has 0 bridgehead atoms. The Morgan fingerprint density at radius 2 is 1.60 bits per heavy atom. The van der Waals surface area contributed by atoms with Crippen molar-refractivity contribution >= 4 is 34.8 Å². The summed E-state index contributed by atoms with van der Waals surface area (Å²) < 4.78 is 39.6. The lowest BCUT2D eigenvalue weighted by atomic mass is 10.1. The van der Waals surface area contributed by atoms with Gasteiger partial charge in [0.05, 0.1) is 17.8 Å². The molecule has 2 aromatic rings. The van der Waals surface area contributed by atoms with Crippen LogP contribution in [0.3, 0.4) is 0 Å². The quantitative estimate of drug-likeness (QED) is 0.585. The molecule has 0 aromatic heterocycles. The fourth-order valence-electron chi connectivity index (χ4n) is 3.01. The van der Waals surface area contributed by atoms with Crippen molar-refractivity contribution in [1.29, 1.82) is 0 Å². The molecule has 5 nitrogen and oxygen atoms in total. The van der Waals surface area contributed by atoms with Gasteiger partial charge in [0.1, 0.15) is 0 Å². The van der Waals surface area contributed by atoms with E-state index in [4.69, 9.17) is 11.6 Å². The van der Waals surface area contributed by atoms with Gasteiger partial charge in [-0.2, -0.15) is 13.2 Å². The molecule has 0 aliphatic rings. The van der Waals surface area contributed by atoms with Crippen molar-refractivity contribution in [2.45, 2.75) is 26.4 Å². The average Bonchev–Trinajstić information content (AvgIpc) is 2.64. The zero-order valence-electron chi connectivity index (χ0n) is 16.7. The Morgan fingerprint density at radius 1 is 1.00 bits per heavy atom. The Labute approximate surface area is 178 Å². The Bertz CT molecular complexity index is 903. The van der Waals surface area contributed by atoms with Crippen molar-refractivity contribution in [3.8, 4) is 0 Å². The minimum absolute atomic E-state index is 0.0162. The number of amides is 2. The molecule has 9 heteroatoms. The summed E-state index contributed by atoms with van der Waals surface area (Å²) in [5, 5.41) is 5.02.